The summed E-state index contributed by atoms with van der Waals surface area (Å²) in [6, 6.07) is 17.1. The first-order valence-corrected chi connectivity index (χ1v) is 11.5. The van der Waals surface area contributed by atoms with Crippen LogP contribution in [-0.2, 0) is 11.3 Å². The van der Waals surface area contributed by atoms with Crippen molar-refractivity contribution in [1.82, 2.24) is 14.9 Å². The number of benzene rings is 2. The number of rotatable bonds is 7. The Balaban J connectivity index is 1.54. The summed E-state index contributed by atoms with van der Waals surface area (Å²) in [5, 5.41) is 5.26. The Hall–Kier alpha value is -3.10. The summed E-state index contributed by atoms with van der Waals surface area (Å²) in [5.41, 5.74) is 3.27. The normalized spacial score (nSPS) is 10.9. The van der Waals surface area contributed by atoms with Gasteiger partial charge in [-0.3, -0.25) is 14.2 Å². The highest BCUT2D eigenvalue weighted by atomic mass is 32.2. The summed E-state index contributed by atoms with van der Waals surface area (Å²) in [4.78, 5) is 30.3. The molecule has 4 rings (SSSR count). The Morgan fingerprint density at radius 3 is 2.84 bits per heavy atom. The molecule has 0 aliphatic carbocycles. The van der Waals surface area contributed by atoms with Crippen molar-refractivity contribution in [3.05, 3.63) is 81.5 Å². The summed E-state index contributed by atoms with van der Waals surface area (Å²) in [7, 11) is 1.61. The van der Waals surface area contributed by atoms with Gasteiger partial charge in [-0.05, 0) is 53.8 Å². The van der Waals surface area contributed by atoms with Crippen LogP contribution in [0.2, 0.25) is 0 Å². The van der Waals surface area contributed by atoms with Crippen LogP contribution in [0.3, 0.4) is 0 Å². The van der Waals surface area contributed by atoms with Gasteiger partial charge < -0.3 is 10.1 Å². The maximum Gasteiger partial charge on any atom is 0.276 e. The molecule has 8 heteroatoms. The maximum atomic E-state index is 13.1. The number of nitrogens with zero attached hydrogens (tertiary/aromatic N) is 2. The summed E-state index contributed by atoms with van der Waals surface area (Å²) >= 11 is 2.62. The average Bonchev–Trinajstić information content (AvgIpc) is 3.25. The molecule has 0 bridgehead atoms. The number of hydrogen-bond donors (Lipinski definition) is 1. The van der Waals surface area contributed by atoms with Crippen LogP contribution < -0.4 is 15.6 Å². The van der Waals surface area contributed by atoms with Gasteiger partial charge >= 0.3 is 0 Å². The zero-order valence-corrected chi connectivity index (χ0v) is 18.8. The van der Waals surface area contributed by atoms with Gasteiger partial charge in [-0.1, -0.05) is 36.0 Å². The number of amides is 1. The summed E-state index contributed by atoms with van der Waals surface area (Å²) in [5.74, 6) is 0.762. The third-order valence-corrected chi connectivity index (χ3v) is 6.50. The predicted molar refractivity (Wildman–Crippen MR) is 126 cm³/mol. The highest BCUT2D eigenvalue weighted by Gasteiger charge is 2.16. The van der Waals surface area contributed by atoms with Crippen LogP contribution in [0.5, 0.6) is 5.75 Å². The molecule has 158 valence electrons. The predicted octanol–water partition coefficient (Wildman–Crippen LogP) is 4.17. The lowest BCUT2D eigenvalue weighted by atomic mass is 10.2. The van der Waals surface area contributed by atoms with Gasteiger partial charge in [-0.25, -0.2) is 4.98 Å². The molecule has 1 amide bonds. The van der Waals surface area contributed by atoms with Gasteiger partial charge in [0.15, 0.2) is 5.16 Å². The molecule has 1 N–H and O–H groups in total. The number of aryl methyl sites for hydroxylation is 1. The van der Waals surface area contributed by atoms with E-state index >= 15 is 0 Å². The molecule has 0 unspecified atom stereocenters. The van der Waals surface area contributed by atoms with E-state index in [1.165, 1.54) is 23.1 Å². The van der Waals surface area contributed by atoms with Crippen molar-refractivity contribution in [1.29, 1.82) is 0 Å². The lowest BCUT2D eigenvalue weighted by molar-refractivity contribution is -0.118. The van der Waals surface area contributed by atoms with Crippen molar-refractivity contribution in [2.75, 3.05) is 12.9 Å². The molecule has 0 spiro atoms. The highest BCUT2D eigenvalue weighted by molar-refractivity contribution is 7.99. The molecular weight excluding hydrogens is 430 g/mol. The van der Waals surface area contributed by atoms with E-state index in [0.717, 1.165) is 22.6 Å². The van der Waals surface area contributed by atoms with Crippen LogP contribution in [0.4, 0.5) is 0 Å². The van der Waals surface area contributed by atoms with Gasteiger partial charge in [0.05, 0.1) is 24.1 Å². The van der Waals surface area contributed by atoms with Crippen LogP contribution in [0.1, 0.15) is 11.1 Å². The number of thiophene rings is 1. The van der Waals surface area contributed by atoms with Gasteiger partial charge in [-0.2, -0.15) is 0 Å². The van der Waals surface area contributed by atoms with Crippen molar-refractivity contribution in [2.24, 2.45) is 0 Å². The van der Waals surface area contributed by atoms with Crippen molar-refractivity contribution in [2.45, 2.75) is 18.6 Å². The number of carbonyl (C=O) groups excluding carboxylic acids is 1. The van der Waals surface area contributed by atoms with Gasteiger partial charge in [0.2, 0.25) is 5.91 Å². The van der Waals surface area contributed by atoms with Crippen molar-refractivity contribution >= 4 is 39.2 Å². The first-order chi connectivity index (χ1) is 15.0. The topological polar surface area (TPSA) is 73.2 Å². The summed E-state index contributed by atoms with van der Waals surface area (Å²) in [6.45, 7) is 2.38. The Morgan fingerprint density at radius 2 is 2.03 bits per heavy atom. The van der Waals surface area contributed by atoms with Gasteiger partial charge in [-0.15, -0.1) is 11.3 Å². The zero-order valence-electron chi connectivity index (χ0n) is 17.1. The van der Waals surface area contributed by atoms with Crippen molar-refractivity contribution in [3.63, 3.8) is 0 Å². The van der Waals surface area contributed by atoms with Crippen molar-refractivity contribution in [3.8, 4) is 11.4 Å². The second kappa shape index (κ2) is 9.36. The van der Waals surface area contributed by atoms with E-state index in [0.29, 0.717) is 21.9 Å². The minimum Gasteiger partial charge on any atom is -0.497 e. The number of methoxy groups -OCH3 is 1. The maximum absolute atomic E-state index is 13.1. The molecule has 0 radical (unpaired) electrons. The van der Waals surface area contributed by atoms with Crippen LogP contribution in [0, 0.1) is 6.92 Å². The van der Waals surface area contributed by atoms with E-state index < -0.39 is 0 Å². The Labute approximate surface area is 187 Å². The molecule has 2 heterocycles. The number of hydrogen-bond acceptors (Lipinski definition) is 6. The third-order valence-electron chi connectivity index (χ3n) is 4.67. The SMILES string of the molecule is COc1cccc(CNC(=O)CSc2nc3ccsc3c(=O)n2-c2cccc(C)c2)c1. The molecule has 4 aromatic rings. The largest absolute Gasteiger partial charge is 0.497 e. The highest BCUT2D eigenvalue weighted by Crippen LogP contribution is 2.24. The summed E-state index contributed by atoms with van der Waals surface area (Å²) in [6.07, 6.45) is 0. The number of nitrogens with one attached hydrogen (secondary N) is 1. The van der Waals surface area contributed by atoms with Crippen LogP contribution in [-0.4, -0.2) is 28.3 Å². The molecule has 31 heavy (non-hydrogen) atoms. The van der Waals surface area contributed by atoms with Gasteiger partial charge in [0.1, 0.15) is 10.4 Å². The van der Waals surface area contributed by atoms with Crippen LogP contribution >= 0.6 is 23.1 Å². The number of fused-ring (bicyclic) bond motifs is 1. The lowest BCUT2D eigenvalue weighted by Crippen LogP contribution is -2.26. The van der Waals surface area contributed by atoms with Gasteiger partial charge in [0, 0.05) is 6.54 Å². The first-order valence-electron chi connectivity index (χ1n) is 9.65. The van der Waals surface area contributed by atoms with Crippen LogP contribution in [0.15, 0.2) is 69.9 Å². The Kier molecular flexibility index (Phi) is 6.39. The Bertz CT molecular complexity index is 1300. The molecule has 2 aromatic carbocycles. The average molecular weight is 452 g/mol. The fraction of sp³-hybridized carbons (Fsp3) is 0.174. The van der Waals surface area contributed by atoms with E-state index in [-0.39, 0.29) is 17.2 Å². The van der Waals surface area contributed by atoms with E-state index in [2.05, 4.69) is 10.3 Å². The number of thioether (sulfide) groups is 1. The smallest absolute Gasteiger partial charge is 0.276 e. The molecule has 6 nitrogen and oxygen atoms in total. The standard InChI is InChI=1S/C23H21N3O3S2/c1-15-5-3-7-17(11-15)26-22(28)21-19(9-10-30-21)25-23(26)31-14-20(27)24-13-16-6-4-8-18(12-16)29-2/h3-12H,13-14H2,1-2H3,(H,24,27). The zero-order chi connectivity index (χ0) is 21.8. The fourth-order valence-corrected chi connectivity index (χ4v) is 4.75. The van der Waals surface area contributed by atoms with E-state index in [4.69, 9.17) is 4.74 Å². The van der Waals surface area contributed by atoms with E-state index in [9.17, 15) is 9.59 Å². The molecule has 0 atom stereocenters. The Morgan fingerprint density at radius 1 is 1.19 bits per heavy atom. The van der Waals surface area contributed by atoms with E-state index in [1.807, 2.05) is 66.9 Å². The molecule has 0 aliphatic heterocycles. The molecule has 2 aromatic heterocycles. The summed E-state index contributed by atoms with van der Waals surface area (Å²) < 4.78 is 7.41. The number of ether oxygens (including phenoxy) is 1. The first kappa shape index (κ1) is 21.1. The fourth-order valence-electron chi connectivity index (χ4n) is 3.15. The molecule has 0 aliphatic rings. The number of aromatic nitrogens is 2. The van der Waals surface area contributed by atoms with Crippen molar-refractivity contribution < 1.29 is 9.53 Å². The quantitative estimate of drug-likeness (QED) is 0.337. The number of carbonyl (C=O) groups is 1. The monoisotopic (exact) mass is 451 g/mol. The minimum absolute atomic E-state index is 0.120. The molecule has 0 fully saturated rings. The van der Waals surface area contributed by atoms with E-state index in [1.54, 1.807) is 11.7 Å². The van der Waals surface area contributed by atoms with Crippen LogP contribution in [0.25, 0.3) is 15.9 Å². The lowest BCUT2D eigenvalue weighted by Gasteiger charge is -2.13. The molecule has 0 saturated carbocycles. The second-order valence-corrected chi connectivity index (χ2v) is 8.78. The minimum atomic E-state index is -0.136. The molecular formula is C23H21N3O3S2. The molecule has 0 saturated heterocycles. The van der Waals surface area contributed by atoms with Gasteiger partial charge in [0.25, 0.3) is 5.56 Å². The third kappa shape index (κ3) is 4.81. The second-order valence-electron chi connectivity index (χ2n) is 6.93.